The summed E-state index contributed by atoms with van der Waals surface area (Å²) < 4.78 is 1.80. The summed E-state index contributed by atoms with van der Waals surface area (Å²) in [5, 5.41) is 3.39. The van der Waals surface area contributed by atoms with Gasteiger partial charge in [-0.25, -0.2) is 4.79 Å². The maximum absolute atomic E-state index is 11.9. The van der Waals surface area contributed by atoms with Gasteiger partial charge in [0.1, 0.15) is 0 Å². The van der Waals surface area contributed by atoms with Crippen molar-refractivity contribution in [3.05, 3.63) is 27.9 Å². The van der Waals surface area contributed by atoms with Gasteiger partial charge in [-0.15, -0.1) is 0 Å². The summed E-state index contributed by atoms with van der Waals surface area (Å²) in [5.74, 6) is 0.697. The summed E-state index contributed by atoms with van der Waals surface area (Å²) >= 11 is 0. The zero-order valence-corrected chi connectivity index (χ0v) is 11.6. The molecule has 1 aromatic rings. The average Bonchev–Trinajstić information content (AvgIpc) is 2.75. The highest BCUT2D eigenvalue weighted by molar-refractivity contribution is 5.06. The Hall–Kier alpha value is -1.16. The van der Waals surface area contributed by atoms with Crippen molar-refractivity contribution in [2.75, 3.05) is 7.05 Å². The van der Waals surface area contributed by atoms with Gasteiger partial charge < -0.3 is 5.32 Å². The van der Waals surface area contributed by atoms with E-state index in [9.17, 15) is 4.79 Å². The molecule has 4 nitrogen and oxygen atoms in total. The van der Waals surface area contributed by atoms with Crippen LogP contribution in [-0.4, -0.2) is 22.6 Å². The predicted octanol–water partition coefficient (Wildman–Crippen LogP) is 1.64. The number of hydrogen-bond donors (Lipinski definition) is 1. The van der Waals surface area contributed by atoms with Crippen molar-refractivity contribution in [2.45, 2.75) is 52.1 Å². The van der Waals surface area contributed by atoms with Crippen molar-refractivity contribution in [1.29, 1.82) is 0 Å². The van der Waals surface area contributed by atoms with Gasteiger partial charge in [-0.2, -0.15) is 4.98 Å². The lowest BCUT2D eigenvalue weighted by atomic mass is 9.99. The van der Waals surface area contributed by atoms with Gasteiger partial charge in [0, 0.05) is 24.0 Å². The van der Waals surface area contributed by atoms with Crippen LogP contribution in [0.5, 0.6) is 0 Å². The second kappa shape index (κ2) is 5.65. The zero-order valence-electron chi connectivity index (χ0n) is 11.6. The molecule has 0 radical (unpaired) electrons. The Morgan fingerprint density at radius 3 is 2.89 bits per heavy atom. The number of rotatable bonds is 4. The van der Waals surface area contributed by atoms with Crippen molar-refractivity contribution < 1.29 is 0 Å². The summed E-state index contributed by atoms with van der Waals surface area (Å²) in [6, 6.07) is 2.60. The average molecular weight is 249 g/mol. The van der Waals surface area contributed by atoms with Crippen LogP contribution in [0, 0.1) is 19.8 Å². The second-order valence-corrected chi connectivity index (χ2v) is 5.35. The highest BCUT2D eigenvalue weighted by Gasteiger charge is 2.25. The van der Waals surface area contributed by atoms with E-state index in [0.717, 1.165) is 24.4 Å². The van der Waals surface area contributed by atoms with E-state index >= 15 is 0 Å². The number of aryl methyl sites for hydroxylation is 2. The maximum atomic E-state index is 11.9. The number of hydrogen-bond acceptors (Lipinski definition) is 3. The Balaban J connectivity index is 2.04. The van der Waals surface area contributed by atoms with Gasteiger partial charge in [0.2, 0.25) is 0 Å². The second-order valence-electron chi connectivity index (χ2n) is 5.35. The Morgan fingerprint density at radius 1 is 1.44 bits per heavy atom. The molecule has 1 aromatic heterocycles. The van der Waals surface area contributed by atoms with E-state index in [0.29, 0.717) is 12.0 Å². The van der Waals surface area contributed by atoms with Crippen LogP contribution in [-0.2, 0) is 6.54 Å². The molecule has 1 N–H and O–H groups in total. The summed E-state index contributed by atoms with van der Waals surface area (Å²) in [4.78, 5) is 15.9. The van der Waals surface area contributed by atoms with Crippen molar-refractivity contribution in [3.8, 4) is 0 Å². The molecule has 1 aliphatic carbocycles. The van der Waals surface area contributed by atoms with Gasteiger partial charge >= 0.3 is 5.69 Å². The fraction of sp³-hybridized carbons (Fsp3) is 0.714. The standard InChI is InChI=1S/C14H23N3O/c1-10-9-11(2)17(14(18)16-10)8-7-12-5-4-6-13(12)15-3/h9,12-13,15H,4-8H2,1-3H3. The highest BCUT2D eigenvalue weighted by Crippen LogP contribution is 2.28. The van der Waals surface area contributed by atoms with Crippen LogP contribution >= 0.6 is 0 Å². The lowest BCUT2D eigenvalue weighted by Gasteiger charge is -2.19. The third-order valence-electron chi connectivity index (χ3n) is 4.10. The van der Waals surface area contributed by atoms with E-state index in [4.69, 9.17) is 0 Å². The van der Waals surface area contributed by atoms with Crippen LogP contribution < -0.4 is 11.0 Å². The molecule has 2 unspecified atom stereocenters. The molecule has 2 rings (SSSR count). The van der Waals surface area contributed by atoms with Crippen molar-refractivity contribution in [3.63, 3.8) is 0 Å². The van der Waals surface area contributed by atoms with E-state index < -0.39 is 0 Å². The molecule has 18 heavy (non-hydrogen) atoms. The quantitative estimate of drug-likeness (QED) is 0.882. The van der Waals surface area contributed by atoms with Gasteiger partial charge in [-0.05, 0) is 52.1 Å². The summed E-state index contributed by atoms with van der Waals surface area (Å²) in [5.41, 5.74) is 1.72. The first-order chi connectivity index (χ1) is 8.61. The fourth-order valence-corrected chi connectivity index (χ4v) is 3.10. The third-order valence-corrected chi connectivity index (χ3v) is 4.10. The number of nitrogens with one attached hydrogen (secondary N) is 1. The van der Waals surface area contributed by atoms with Crippen molar-refractivity contribution >= 4 is 0 Å². The molecule has 0 spiro atoms. The minimum atomic E-state index is -0.105. The van der Waals surface area contributed by atoms with Crippen LogP contribution in [0.4, 0.5) is 0 Å². The molecule has 1 saturated carbocycles. The monoisotopic (exact) mass is 249 g/mol. The van der Waals surface area contributed by atoms with Crippen molar-refractivity contribution in [1.82, 2.24) is 14.9 Å². The molecular formula is C14H23N3O. The van der Waals surface area contributed by atoms with E-state index in [1.807, 2.05) is 27.0 Å². The Labute approximate surface area is 108 Å². The molecule has 1 heterocycles. The zero-order chi connectivity index (χ0) is 13.1. The highest BCUT2D eigenvalue weighted by atomic mass is 16.1. The van der Waals surface area contributed by atoms with Crippen LogP contribution in [0.2, 0.25) is 0 Å². The molecule has 1 aliphatic rings. The van der Waals surface area contributed by atoms with E-state index in [2.05, 4.69) is 10.3 Å². The molecule has 1 fully saturated rings. The smallest absolute Gasteiger partial charge is 0.317 e. The Kier molecular flexibility index (Phi) is 4.17. The maximum Gasteiger partial charge on any atom is 0.347 e. The summed E-state index contributed by atoms with van der Waals surface area (Å²) in [6.45, 7) is 4.65. The molecule has 4 heteroatoms. The van der Waals surface area contributed by atoms with E-state index in [-0.39, 0.29) is 5.69 Å². The van der Waals surface area contributed by atoms with Gasteiger partial charge in [0.05, 0.1) is 0 Å². The van der Waals surface area contributed by atoms with Gasteiger partial charge in [-0.1, -0.05) is 6.42 Å². The van der Waals surface area contributed by atoms with Crippen LogP contribution in [0.15, 0.2) is 10.9 Å². The summed E-state index contributed by atoms with van der Waals surface area (Å²) in [7, 11) is 2.04. The molecule has 0 amide bonds. The number of nitrogens with zero attached hydrogens (tertiary/aromatic N) is 2. The van der Waals surface area contributed by atoms with E-state index in [1.165, 1.54) is 19.3 Å². The molecular weight excluding hydrogens is 226 g/mol. The molecule has 2 atom stereocenters. The van der Waals surface area contributed by atoms with E-state index in [1.54, 1.807) is 4.57 Å². The van der Waals surface area contributed by atoms with Gasteiger partial charge in [0.15, 0.2) is 0 Å². The Bertz CT molecular complexity index is 467. The first-order valence-corrected chi connectivity index (χ1v) is 6.84. The first kappa shape index (κ1) is 13.3. The predicted molar refractivity (Wildman–Crippen MR) is 72.8 cm³/mol. The topological polar surface area (TPSA) is 46.9 Å². The van der Waals surface area contributed by atoms with Crippen LogP contribution in [0.1, 0.15) is 37.1 Å². The molecule has 0 aromatic carbocycles. The minimum absolute atomic E-state index is 0.105. The normalized spacial score (nSPS) is 23.5. The minimum Gasteiger partial charge on any atom is -0.317 e. The SMILES string of the molecule is CNC1CCCC1CCn1c(C)cc(C)nc1=O. The third kappa shape index (κ3) is 2.80. The molecule has 100 valence electrons. The van der Waals surface area contributed by atoms with Crippen LogP contribution in [0.25, 0.3) is 0 Å². The lowest BCUT2D eigenvalue weighted by Crippen LogP contribution is -2.31. The molecule has 0 aliphatic heterocycles. The molecule has 0 saturated heterocycles. The number of aromatic nitrogens is 2. The molecule has 0 bridgehead atoms. The fourth-order valence-electron chi connectivity index (χ4n) is 3.10. The first-order valence-electron chi connectivity index (χ1n) is 6.84. The summed E-state index contributed by atoms with van der Waals surface area (Å²) in [6.07, 6.45) is 4.91. The largest absolute Gasteiger partial charge is 0.347 e. The lowest BCUT2D eigenvalue weighted by molar-refractivity contribution is 0.372. The van der Waals surface area contributed by atoms with Crippen LogP contribution in [0.3, 0.4) is 0 Å². The van der Waals surface area contributed by atoms with Crippen molar-refractivity contribution in [2.24, 2.45) is 5.92 Å². The van der Waals surface area contributed by atoms with Gasteiger partial charge in [-0.3, -0.25) is 4.57 Å². The van der Waals surface area contributed by atoms with Gasteiger partial charge in [0.25, 0.3) is 0 Å². The Morgan fingerprint density at radius 2 is 2.22 bits per heavy atom.